The Morgan fingerprint density at radius 3 is 2.67 bits per heavy atom. The van der Waals surface area contributed by atoms with Gasteiger partial charge in [-0.3, -0.25) is 4.79 Å². The Morgan fingerprint density at radius 1 is 1.67 bits per heavy atom. The van der Waals surface area contributed by atoms with Gasteiger partial charge in [-0.1, -0.05) is 50.1 Å². The predicted octanol–water partition coefficient (Wildman–Crippen LogP) is 3.37. The zero-order valence-electron chi connectivity index (χ0n) is 6.35. The van der Waals surface area contributed by atoms with Gasteiger partial charge in [0.1, 0.15) is 3.23 Å². The first kappa shape index (κ1) is 10.5. The number of hydrogen-bond acceptors (Lipinski definition) is 1. The topological polar surface area (TPSA) is 17.1 Å². The number of hydrogen-bond donors (Lipinski definition) is 0. The van der Waals surface area contributed by atoms with Crippen molar-refractivity contribution in [1.82, 2.24) is 0 Å². The van der Waals surface area contributed by atoms with E-state index in [4.69, 9.17) is 11.6 Å². The van der Waals surface area contributed by atoms with Gasteiger partial charge in [-0.05, 0) is 24.1 Å². The highest BCUT2D eigenvalue weighted by atomic mass is 79.9. The van der Waals surface area contributed by atoms with Crippen molar-refractivity contribution >= 4 is 48.7 Å². The van der Waals surface area contributed by atoms with Gasteiger partial charge >= 0.3 is 0 Å². The van der Waals surface area contributed by atoms with Crippen molar-refractivity contribution in [2.45, 2.75) is 10.2 Å². The highest BCUT2D eigenvalue weighted by Crippen LogP contribution is 2.45. The molecule has 0 amide bonds. The number of carbonyl (C=O) groups is 1. The van der Waals surface area contributed by atoms with Crippen LogP contribution in [0.15, 0.2) is 23.8 Å². The lowest BCUT2D eigenvalue weighted by atomic mass is 9.96. The summed E-state index contributed by atoms with van der Waals surface area (Å²) in [6.45, 7) is 1.93. The minimum Gasteiger partial charge on any atom is -0.281 e. The third-order valence-electron chi connectivity index (χ3n) is 1.81. The van der Waals surface area contributed by atoms with Crippen molar-refractivity contribution in [3.8, 4) is 0 Å². The van der Waals surface area contributed by atoms with Gasteiger partial charge in [-0.2, -0.15) is 0 Å². The Morgan fingerprint density at radius 2 is 2.25 bits per heavy atom. The number of carbonyl (C=O) groups excluding carboxylic acids is 1. The summed E-state index contributed by atoms with van der Waals surface area (Å²) in [4.78, 5) is 11.0. The lowest BCUT2D eigenvalue weighted by molar-refractivity contribution is -0.113. The van der Waals surface area contributed by atoms with Crippen LogP contribution in [0, 0.1) is 5.92 Å². The Balaban J connectivity index is 3.01. The standard InChI is InChI=1S/C8H7Br2ClO/c1-5-3-2-4-6(7(11)12)8(5,9)10/h2-4,6H,1H3. The third kappa shape index (κ3) is 1.83. The highest BCUT2D eigenvalue weighted by Gasteiger charge is 2.39. The first-order valence-corrected chi connectivity index (χ1v) is 5.35. The molecule has 1 unspecified atom stereocenters. The SMILES string of the molecule is CC1=CC=CC(C(=O)Cl)C1(Br)Br. The molecule has 1 nitrogen and oxygen atoms in total. The molecule has 1 aliphatic rings. The smallest absolute Gasteiger partial charge is 0.231 e. The van der Waals surface area contributed by atoms with Crippen LogP contribution in [-0.4, -0.2) is 8.48 Å². The maximum Gasteiger partial charge on any atom is 0.231 e. The van der Waals surface area contributed by atoms with E-state index in [2.05, 4.69) is 31.9 Å². The minimum absolute atomic E-state index is 0.343. The van der Waals surface area contributed by atoms with Crippen molar-refractivity contribution in [3.63, 3.8) is 0 Å². The molecule has 0 fully saturated rings. The normalized spacial score (nSPS) is 26.7. The van der Waals surface area contributed by atoms with Crippen molar-refractivity contribution in [1.29, 1.82) is 0 Å². The quantitative estimate of drug-likeness (QED) is 0.536. The molecule has 4 heteroatoms. The van der Waals surface area contributed by atoms with E-state index in [1.54, 1.807) is 6.08 Å². The number of alkyl halides is 2. The summed E-state index contributed by atoms with van der Waals surface area (Å²) in [6, 6.07) is 0. The van der Waals surface area contributed by atoms with E-state index in [1.807, 2.05) is 19.1 Å². The second-order valence-electron chi connectivity index (χ2n) is 2.64. The molecule has 66 valence electrons. The van der Waals surface area contributed by atoms with Crippen LogP contribution in [-0.2, 0) is 4.79 Å². The fourth-order valence-corrected chi connectivity index (χ4v) is 2.49. The highest BCUT2D eigenvalue weighted by molar-refractivity contribution is 9.25. The molecule has 0 radical (unpaired) electrons. The van der Waals surface area contributed by atoms with E-state index in [1.165, 1.54) is 0 Å². The minimum atomic E-state index is -0.506. The van der Waals surface area contributed by atoms with Gasteiger partial charge < -0.3 is 0 Å². The average Bonchev–Trinajstić information content (AvgIpc) is 1.94. The van der Waals surface area contributed by atoms with Crippen LogP contribution in [0.1, 0.15) is 6.92 Å². The van der Waals surface area contributed by atoms with Crippen LogP contribution >= 0.6 is 43.5 Å². The summed E-state index contributed by atoms with van der Waals surface area (Å²) < 4.78 is -0.506. The van der Waals surface area contributed by atoms with Crippen LogP contribution < -0.4 is 0 Å². The predicted molar refractivity (Wildman–Crippen MR) is 57.8 cm³/mol. The Labute approximate surface area is 93.1 Å². The molecule has 12 heavy (non-hydrogen) atoms. The summed E-state index contributed by atoms with van der Waals surface area (Å²) in [7, 11) is 0. The lowest BCUT2D eigenvalue weighted by Gasteiger charge is -2.29. The third-order valence-corrected chi connectivity index (χ3v) is 4.28. The molecule has 0 spiro atoms. The molecule has 0 bridgehead atoms. The van der Waals surface area contributed by atoms with Gasteiger partial charge in [-0.15, -0.1) is 0 Å². The largest absolute Gasteiger partial charge is 0.281 e. The zero-order chi connectivity index (χ0) is 9.35. The van der Waals surface area contributed by atoms with Crippen molar-refractivity contribution in [3.05, 3.63) is 23.8 Å². The first-order valence-electron chi connectivity index (χ1n) is 3.39. The fraction of sp³-hybridized carbons (Fsp3) is 0.375. The van der Waals surface area contributed by atoms with Crippen LogP contribution in [0.2, 0.25) is 0 Å². The van der Waals surface area contributed by atoms with Gasteiger partial charge in [0.15, 0.2) is 0 Å². The maximum absolute atomic E-state index is 11.0. The zero-order valence-corrected chi connectivity index (χ0v) is 10.3. The van der Waals surface area contributed by atoms with Gasteiger partial charge in [0.05, 0.1) is 5.92 Å². The molecule has 0 aliphatic heterocycles. The molecule has 0 aromatic rings. The van der Waals surface area contributed by atoms with E-state index in [9.17, 15) is 4.79 Å². The molecular formula is C8H7Br2ClO. The van der Waals surface area contributed by atoms with Crippen LogP contribution in [0.3, 0.4) is 0 Å². The van der Waals surface area contributed by atoms with Crippen molar-refractivity contribution < 1.29 is 4.79 Å². The monoisotopic (exact) mass is 312 g/mol. The molecule has 1 atom stereocenters. The molecule has 0 heterocycles. The second-order valence-corrected chi connectivity index (χ2v) is 6.58. The molecule has 1 aliphatic carbocycles. The van der Waals surface area contributed by atoms with E-state index in [0.29, 0.717) is 0 Å². The fourth-order valence-electron chi connectivity index (χ4n) is 1.01. The van der Waals surface area contributed by atoms with Crippen LogP contribution in [0.25, 0.3) is 0 Å². The summed E-state index contributed by atoms with van der Waals surface area (Å²) >= 11 is 12.3. The summed E-state index contributed by atoms with van der Waals surface area (Å²) in [5, 5.41) is -0.368. The molecule has 0 saturated heterocycles. The average molecular weight is 314 g/mol. The first-order chi connectivity index (χ1) is 5.46. The summed E-state index contributed by atoms with van der Waals surface area (Å²) in [6.07, 6.45) is 5.53. The van der Waals surface area contributed by atoms with Gasteiger partial charge in [-0.25, -0.2) is 0 Å². The molecule has 1 rings (SSSR count). The number of allylic oxidation sites excluding steroid dienone is 4. The Bertz CT molecular complexity index is 268. The molecule has 0 N–H and O–H groups in total. The van der Waals surface area contributed by atoms with E-state index < -0.39 is 3.23 Å². The van der Waals surface area contributed by atoms with Gasteiger partial charge in [0, 0.05) is 0 Å². The van der Waals surface area contributed by atoms with Crippen LogP contribution in [0.5, 0.6) is 0 Å². The van der Waals surface area contributed by atoms with Crippen molar-refractivity contribution in [2.75, 3.05) is 0 Å². The molecule has 0 saturated carbocycles. The Hall–Kier alpha value is 0.400. The lowest BCUT2D eigenvalue weighted by Crippen LogP contribution is -2.30. The Kier molecular flexibility index (Phi) is 3.18. The van der Waals surface area contributed by atoms with Gasteiger partial charge in [0.2, 0.25) is 5.24 Å². The van der Waals surface area contributed by atoms with Crippen LogP contribution in [0.4, 0.5) is 0 Å². The number of halogens is 3. The maximum atomic E-state index is 11.0. The van der Waals surface area contributed by atoms with E-state index >= 15 is 0 Å². The second kappa shape index (κ2) is 3.64. The van der Waals surface area contributed by atoms with E-state index in [-0.39, 0.29) is 11.2 Å². The summed E-state index contributed by atoms with van der Waals surface area (Å²) in [5.74, 6) is -0.343. The molecule has 0 aromatic carbocycles. The number of rotatable bonds is 1. The van der Waals surface area contributed by atoms with Crippen molar-refractivity contribution in [2.24, 2.45) is 5.92 Å². The molecular weight excluding hydrogens is 307 g/mol. The van der Waals surface area contributed by atoms with E-state index in [0.717, 1.165) is 5.57 Å². The van der Waals surface area contributed by atoms with Gasteiger partial charge in [0.25, 0.3) is 0 Å². The molecule has 0 aromatic heterocycles. The summed E-state index contributed by atoms with van der Waals surface area (Å²) in [5.41, 5.74) is 1.03.